The second kappa shape index (κ2) is 5.87. The molecule has 1 unspecified atom stereocenters. The van der Waals surface area contributed by atoms with Gasteiger partial charge in [-0.05, 0) is 61.3 Å². The van der Waals surface area contributed by atoms with Gasteiger partial charge in [0.1, 0.15) is 0 Å². The largest absolute Gasteiger partial charge is 0.325 e. The molecule has 0 saturated heterocycles. The number of amides is 2. The Kier molecular flexibility index (Phi) is 3.69. The van der Waals surface area contributed by atoms with Gasteiger partial charge in [-0.1, -0.05) is 17.7 Å². The van der Waals surface area contributed by atoms with Crippen molar-refractivity contribution in [1.29, 1.82) is 0 Å². The molecule has 24 heavy (non-hydrogen) atoms. The molecule has 1 N–H and O–H groups in total. The number of carbonyl (C=O) groups is 2. The molecule has 4 nitrogen and oxygen atoms in total. The van der Waals surface area contributed by atoms with E-state index < -0.39 is 0 Å². The van der Waals surface area contributed by atoms with Crippen molar-refractivity contribution < 1.29 is 9.59 Å². The molecule has 0 aromatic heterocycles. The fraction of sp³-hybridized carbons (Fsp3) is 0.211. The summed E-state index contributed by atoms with van der Waals surface area (Å²) in [5, 5.41) is 3.52. The monoisotopic (exact) mass is 338 g/mol. The highest BCUT2D eigenvalue weighted by molar-refractivity contribution is 6.30. The Morgan fingerprint density at radius 1 is 1.21 bits per heavy atom. The highest BCUT2D eigenvalue weighted by Crippen LogP contribution is 2.39. The van der Waals surface area contributed by atoms with Crippen molar-refractivity contribution >= 4 is 29.1 Å². The minimum Gasteiger partial charge on any atom is -0.325 e. The number of hydrogen-bond acceptors (Lipinski definition) is 2. The molecule has 5 heteroatoms. The second-order valence-corrected chi connectivity index (χ2v) is 6.53. The summed E-state index contributed by atoms with van der Waals surface area (Å²) >= 11 is 5.83. The Morgan fingerprint density at radius 2 is 2.00 bits per heavy atom. The number of fused-ring (bicyclic) bond motifs is 2. The molecule has 1 heterocycles. The summed E-state index contributed by atoms with van der Waals surface area (Å²) in [6, 6.07) is 6.62. The second-order valence-electron chi connectivity index (χ2n) is 6.10. The third kappa shape index (κ3) is 2.63. The highest BCUT2D eigenvalue weighted by Gasteiger charge is 2.34. The van der Waals surface area contributed by atoms with E-state index in [9.17, 15) is 9.59 Å². The molecule has 1 aliphatic heterocycles. The number of carbonyl (C=O) groups excluding carboxylic acids is 2. The molecule has 1 aromatic rings. The third-order valence-electron chi connectivity index (χ3n) is 4.59. The zero-order valence-corrected chi connectivity index (χ0v) is 13.6. The summed E-state index contributed by atoms with van der Waals surface area (Å²) in [7, 11) is 0. The molecular weight excluding hydrogens is 324 g/mol. The summed E-state index contributed by atoms with van der Waals surface area (Å²) in [6.45, 7) is 0. The Hall–Kier alpha value is -2.46. The lowest BCUT2D eigenvalue weighted by Gasteiger charge is -2.28. The van der Waals surface area contributed by atoms with Crippen molar-refractivity contribution in [3.8, 4) is 0 Å². The van der Waals surface area contributed by atoms with Crippen molar-refractivity contribution in [3.63, 3.8) is 0 Å². The van der Waals surface area contributed by atoms with Crippen molar-refractivity contribution in [2.75, 3.05) is 0 Å². The van der Waals surface area contributed by atoms with Crippen LogP contribution < -0.4 is 5.32 Å². The highest BCUT2D eigenvalue weighted by atomic mass is 35.5. The quantitative estimate of drug-likeness (QED) is 0.850. The molecule has 3 aliphatic rings. The molecule has 0 saturated carbocycles. The van der Waals surface area contributed by atoms with Crippen LogP contribution in [0.25, 0.3) is 0 Å². The Balaban J connectivity index is 1.61. The van der Waals surface area contributed by atoms with E-state index in [2.05, 4.69) is 10.3 Å². The average Bonchev–Trinajstić information content (AvgIpc) is 3.06. The van der Waals surface area contributed by atoms with Gasteiger partial charge in [-0.3, -0.25) is 9.59 Å². The molecule has 1 aromatic carbocycles. The molecular formula is C19H15ClN2O2. The van der Waals surface area contributed by atoms with Gasteiger partial charge in [0, 0.05) is 27.8 Å². The summed E-state index contributed by atoms with van der Waals surface area (Å²) < 4.78 is 0. The van der Waals surface area contributed by atoms with Gasteiger partial charge in [0.25, 0.3) is 11.8 Å². The summed E-state index contributed by atoms with van der Waals surface area (Å²) in [6.07, 6.45) is 8.51. The maximum Gasteiger partial charge on any atom is 0.277 e. The number of allylic oxidation sites excluding steroid dienone is 3. The molecule has 0 bridgehead atoms. The first kappa shape index (κ1) is 15.1. The van der Waals surface area contributed by atoms with Gasteiger partial charge in [-0.25, -0.2) is 4.99 Å². The van der Waals surface area contributed by atoms with E-state index in [1.54, 1.807) is 30.3 Å². The van der Waals surface area contributed by atoms with E-state index in [1.165, 1.54) is 5.57 Å². The van der Waals surface area contributed by atoms with Crippen LogP contribution in [0.5, 0.6) is 0 Å². The van der Waals surface area contributed by atoms with Gasteiger partial charge in [-0.2, -0.15) is 0 Å². The fourth-order valence-corrected chi connectivity index (χ4v) is 3.56. The summed E-state index contributed by atoms with van der Waals surface area (Å²) in [5.74, 6) is -0.224. The first-order valence-electron chi connectivity index (χ1n) is 7.93. The van der Waals surface area contributed by atoms with Crippen molar-refractivity contribution in [3.05, 3.63) is 69.9 Å². The van der Waals surface area contributed by atoms with Crippen molar-refractivity contribution in [2.45, 2.75) is 19.3 Å². The lowest BCUT2D eigenvalue weighted by atomic mass is 9.85. The fourth-order valence-electron chi connectivity index (χ4n) is 3.43. The number of aliphatic imine (C=N–C) groups is 1. The van der Waals surface area contributed by atoms with Crippen LogP contribution in [0.4, 0.5) is 0 Å². The van der Waals surface area contributed by atoms with Crippen LogP contribution in [0.1, 0.15) is 29.6 Å². The number of benzene rings is 1. The van der Waals surface area contributed by atoms with Gasteiger partial charge in [0.15, 0.2) is 0 Å². The molecule has 120 valence electrons. The van der Waals surface area contributed by atoms with E-state index in [4.69, 9.17) is 11.6 Å². The third-order valence-corrected chi connectivity index (χ3v) is 4.84. The van der Waals surface area contributed by atoms with Crippen LogP contribution in [0, 0.1) is 5.92 Å². The zero-order valence-electron chi connectivity index (χ0n) is 12.9. The Labute approximate surface area is 144 Å². The van der Waals surface area contributed by atoms with E-state index in [1.807, 2.05) is 12.2 Å². The maximum atomic E-state index is 12.2. The molecule has 2 amide bonds. The minimum atomic E-state index is -0.329. The lowest BCUT2D eigenvalue weighted by molar-refractivity contribution is -0.117. The lowest BCUT2D eigenvalue weighted by Crippen LogP contribution is -2.35. The van der Waals surface area contributed by atoms with Crippen LogP contribution >= 0.6 is 11.6 Å². The van der Waals surface area contributed by atoms with Gasteiger partial charge in [0.05, 0.1) is 5.71 Å². The predicted octanol–water partition coefficient (Wildman–Crippen LogP) is 3.60. The topological polar surface area (TPSA) is 58.5 Å². The van der Waals surface area contributed by atoms with Crippen molar-refractivity contribution in [1.82, 2.24) is 5.32 Å². The molecule has 0 radical (unpaired) electrons. The van der Waals surface area contributed by atoms with E-state index >= 15 is 0 Å². The van der Waals surface area contributed by atoms with Crippen molar-refractivity contribution in [2.24, 2.45) is 10.9 Å². The molecule has 1 atom stereocenters. The van der Waals surface area contributed by atoms with Gasteiger partial charge in [0.2, 0.25) is 0 Å². The van der Waals surface area contributed by atoms with Crippen LogP contribution in [0.2, 0.25) is 5.02 Å². The van der Waals surface area contributed by atoms with Gasteiger partial charge >= 0.3 is 0 Å². The molecule has 4 rings (SSSR count). The smallest absolute Gasteiger partial charge is 0.277 e. The number of nitrogens with one attached hydrogen (secondary N) is 1. The van der Waals surface area contributed by atoms with E-state index in [-0.39, 0.29) is 17.7 Å². The average molecular weight is 339 g/mol. The van der Waals surface area contributed by atoms with Crippen LogP contribution in [-0.2, 0) is 4.79 Å². The van der Waals surface area contributed by atoms with Crippen LogP contribution in [-0.4, -0.2) is 17.5 Å². The number of hydrogen-bond donors (Lipinski definition) is 1. The SMILES string of the molecule is O=C1NC2=CC(=NC(=O)c3ccc(Cl)cc3)C=CC2C2=C1CCC2. The summed E-state index contributed by atoms with van der Waals surface area (Å²) in [4.78, 5) is 28.5. The van der Waals surface area contributed by atoms with E-state index in [0.29, 0.717) is 16.3 Å². The summed E-state index contributed by atoms with van der Waals surface area (Å²) in [5.41, 5.74) is 3.98. The van der Waals surface area contributed by atoms with Gasteiger partial charge in [-0.15, -0.1) is 0 Å². The normalized spacial score (nSPS) is 23.7. The van der Waals surface area contributed by atoms with Crippen LogP contribution in [0.15, 0.2) is 64.3 Å². The molecule has 0 fully saturated rings. The number of rotatable bonds is 1. The zero-order chi connectivity index (χ0) is 16.7. The maximum absolute atomic E-state index is 12.2. The van der Waals surface area contributed by atoms with E-state index in [0.717, 1.165) is 30.5 Å². The predicted molar refractivity (Wildman–Crippen MR) is 93.0 cm³/mol. The molecule has 0 spiro atoms. The standard InChI is InChI=1S/C19H15ClN2O2/c20-12-6-4-11(5-7-12)18(23)21-13-8-9-15-14-2-1-3-16(14)19(24)22-17(15)10-13/h4-10,15H,1-3H2,(H,22,24). The number of nitrogens with zero attached hydrogens (tertiary/aromatic N) is 1. The Bertz CT molecular complexity index is 860. The van der Waals surface area contributed by atoms with Crippen LogP contribution in [0.3, 0.4) is 0 Å². The van der Waals surface area contributed by atoms with Gasteiger partial charge < -0.3 is 5.32 Å². The minimum absolute atomic E-state index is 0.0105. The number of halogens is 1. The molecule has 2 aliphatic carbocycles. The Morgan fingerprint density at radius 3 is 2.79 bits per heavy atom. The first-order valence-corrected chi connectivity index (χ1v) is 8.31. The first-order chi connectivity index (χ1) is 11.6.